The number of carbonyl (C=O) groups is 1. The molecule has 0 aromatic rings. The second-order valence-electron chi connectivity index (χ2n) is 3.70. The van der Waals surface area contributed by atoms with Crippen LogP contribution in [0.4, 0.5) is 0 Å². The Balaban J connectivity index is 3.77. The van der Waals surface area contributed by atoms with Crippen LogP contribution in [0.1, 0.15) is 39.5 Å². The maximum atomic E-state index is 11.7. The molecule has 0 saturated carbocycles. The number of rotatable bonds is 8. The summed E-state index contributed by atoms with van der Waals surface area (Å²) in [5, 5.41) is 2.90. The largest absolute Gasteiger partial charge is 0.352 e. The van der Waals surface area contributed by atoms with Gasteiger partial charge in [0.1, 0.15) is 0 Å². The highest BCUT2D eigenvalue weighted by Gasteiger charge is 2.14. The third kappa shape index (κ3) is 7.14. The number of hydrogen-bond acceptors (Lipinski definition) is 2. The summed E-state index contributed by atoms with van der Waals surface area (Å²) in [6.07, 6.45) is 7.95. The molecule has 1 amide bonds. The predicted molar refractivity (Wildman–Crippen MR) is 64.5 cm³/mol. The molecule has 0 aliphatic rings. The lowest BCUT2D eigenvalue weighted by Gasteiger charge is -2.13. The average molecular weight is 212 g/mol. The first-order valence-corrected chi connectivity index (χ1v) is 5.89. The molecule has 1 atom stereocenters. The Hall–Kier alpha value is -0.830. The Morgan fingerprint density at radius 2 is 2.13 bits per heavy atom. The molecular weight excluding hydrogens is 188 g/mol. The molecule has 0 aliphatic heterocycles. The number of amides is 1. The van der Waals surface area contributed by atoms with Crippen LogP contribution in [0, 0.1) is 5.92 Å². The van der Waals surface area contributed by atoms with Crippen molar-refractivity contribution in [2.75, 3.05) is 13.1 Å². The SMILES string of the molecule is CCCCC(CC)C(=O)NC/C=C/CN. The van der Waals surface area contributed by atoms with Crippen LogP contribution in [0.15, 0.2) is 12.2 Å². The van der Waals surface area contributed by atoms with E-state index in [0.29, 0.717) is 13.1 Å². The van der Waals surface area contributed by atoms with Crippen LogP contribution < -0.4 is 11.1 Å². The van der Waals surface area contributed by atoms with Crippen LogP contribution in [0.3, 0.4) is 0 Å². The minimum atomic E-state index is 0.174. The highest BCUT2D eigenvalue weighted by molar-refractivity contribution is 5.78. The third-order valence-electron chi connectivity index (χ3n) is 2.47. The minimum absolute atomic E-state index is 0.174. The fourth-order valence-electron chi connectivity index (χ4n) is 1.45. The molecule has 3 heteroatoms. The smallest absolute Gasteiger partial charge is 0.223 e. The van der Waals surface area contributed by atoms with Gasteiger partial charge in [-0.15, -0.1) is 0 Å². The van der Waals surface area contributed by atoms with Crippen molar-refractivity contribution >= 4 is 5.91 Å². The van der Waals surface area contributed by atoms with E-state index in [4.69, 9.17) is 5.73 Å². The van der Waals surface area contributed by atoms with Crippen molar-refractivity contribution in [2.45, 2.75) is 39.5 Å². The summed E-state index contributed by atoms with van der Waals surface area (Å²) in [6.45, 7) is 5.34. The molecule has 0 bridgehead atoms. The van der Waals surface area contributed by atoms with Crippen molar-refractivity contribution in [3.05, 3.63) is 12.2 Å². The molecule has 15 heavy (non-hydrogen) atoms. The van der Waals surface area contributed by atoms with Gasteiger partial charge in [-0.05, 0) is 12.8 Å². The maximum absolute atomic E-state index is 11.7. The van der Waals surface area contributed by atoms with E-state index in [2.05, 4.69) is 19.2 Å². The quantitative estimate of drug-likeness (QED) is 0.603. The molecule has 88 valence electrons. The van der Waals surface area contributed by atoms with E-state index in [0.717, 1.165) is 25.7 Å². The summed E-state index contributed by atoms with van der Waals surface area (Å²) >= 11 is 0. The first kappa shape index (κ1) is 14.2. The zero-order valence-electron chi connectivity index (χ0n) is 9.96. The summed E-state index contributed by atoms with van der Waals surface area (Å²) in [5.41, 5.74) is 5.30. The van der Waals surface area contributed by atoms with Gasteiger partial charge in [-0.25, -0.2) is 0 Å². The molecule has 3 nitrogen and oxygen atoms in total. The standard InChI is InChI=1S/C12H24N2O/c1-3-5-8-11(4-2)12(15)14-10-7-6-9-13/h6-7,11H,3-5,8-10,13H2,1-2H3,(H,14,15)/b7-6+. The van der Waals surface area contributed by atoms with E-state index >= 15 is 0 Å². The third-order valence-corrected chi connectivity index (χ3v) is 2.47. The van der Waals surface area contributed by atoms with Gasteiger partial charge in [0.2, 0.25) is 5.91 Å². The Labute approximate surface area is 93.1 Å². The van der Waals surface area contributed by atoms with Crippen LogP contribution in [-0.4, -0.2) is 19.0 Å². The second kappa shape index (κ2) is 9.71. The molecule has 0 aliphatic carbocycles. The first-order chi connectivity index (χ1) is 7.26. The van der Waals surface area contributed by atoms with Crippen LogP contribution in [0.25, 0.3) is 0 Å². The van der Waals surface area contributed by atoms with Gasteiger partial charge in [0.25, 0.3) is 0 Å². The molecule has 0 spiro atoms. The molecule has 0 rings (SSSR count). The van der Waals surface area contributed by atoms with Crippen molar-refractivity contribution in [3.63, 3.8) is 0 Å². The number of hydrogen-bond donors (Lipinski definition) is 2. The summed E-state index contributed by atoms with van der Waals surface area (Å²) in [4.78, 5) is 11.7. The van der Waals surface area contributed by atoms with Crippen molar-refractivity contribution in [1.82, 2.24) is 5.32 Å². The molecular formula is C12H24N2O. The molecule has 1 unspecified atom stereocenters. The van der Waals surface area contributed by atoms with E-state index in [1.54, 1.807) is 0 Å². The summed E-state index contributed by atoms with van der Waals surface area (Å²) < 4.78 is 0. The van der Waals surface area contributed by atoms with Crippen LogP contribution >= 0.6 is 0 Å². The van der Waals surface area contributed by atoms with E-state index in [1.165, 1.54) is 0 Å². The average Bonchev–Trinajstić information content (AvgIpc) is 2.25. The van der Waals surface area contributed by atoms with Crippen molar-refractivity contribution in [2.24, 2.45) is 11.7 Å². The lowest BCUT2D eigenvalue weighted by Crippen LogP contribution is -2.30. The number of nitrogens with two attached hydrogens (primary N) is 1. The Kier molecular flexibility index (Phi) is 9.18. The van der Waals surface area contributed by atoms with Crippen LogP contribution in [0.2, 0.25) is 0 Å². The van der Waals surface area contributed by atoms with E-state index in [1.807, 2.05) is 12.2 Å². The van der Waals surface area contributed by atoms with Gasteiger partial charge in [0, 0.05) is 19.0 Å². The Morgan fingerprint density at radius 3 is 2.67 bits per heavy atom. The fraction of sp³-hybridized carbons (Fsp3) is 0.750. The number of carbonyl (C=O) groups excluding carboxylic acids is 1. The van der Waals surface area contributed by atoms with Crippen molar-refractivity contribution in [3.8, 4) is 0 Å². The van der Waals surface area contributed by atoms with Gasteiger partial charge in [-0.1, -0.05) is 38.8 Å². The van der Waals surface area contributed by atoms with Gasteiger partial charge >= 0.3 is 0 Å². The van der Waals surface area contributed by atoms with Gasteiger partial charge in [0.15, 0.2) is 0 Å². The summed E-state index contributed by atoms with van der Waals surface area (Å²) in [5.74, 6) is 0.351. The fourth-order valence-corrected chi connectivity index (χ4v) is 1.45. The lowest BCUT2D eigenvalue weighted by atomic mass is 9.98. The highest BCUT2D eigenvalue weighted by Crippen LogP contribution is 2.12. The molecule has 0 aromatic heterocycles. The predicted octanol–water partition coefficient (Wildman–Crippen LogP) is 1.83. The molecule has 0 heterocycles. The monoisotopic (exact) mass is 212 g/mol. The van der Waals surface area contributed by atoms with Crippen molar-refractivity contribution in [1.29, 1.82) is 0 Å². The van der Waals surface area contributed by atoms with Gasteiger partial charge < -0.3 is 11.1 Å². The molecule has 0 aromatic carbocycles. The molecule has 0 fully saturated rings. The zero-order chi connectivity index (χ0) is 11.5. The Morgan fingerprint density at radius 1 is 1.40 bits per heavy atom. The molecule has 0 radical (unpaired) electrons. The van der Waals surface area contributed by atoms with Gasteiger partial charge in [-0.2, -0.15) is 0 Å². The topological polar surface area (TPSA) is 55.1 Å². The van der Waals surface area contributed by atoms with Gasteiger partial charge in [0.05, 0.1) is 0 Å². The van der Waals surface area contributed by atoms with E-state index in [-0.39, 0.29) is 11.8 Å². The molecule has 3 N–H and O–H groups in total. The van der Waals surface area contributed by atoms with E-state index in [9.17, 15) is 4.79 Å². The number of unbranched alkanes of at least 4 members (excludes halogenated alkanes) is 1. The highest BCUT2D eigenvalue weighted by atomic mass is 16.1. The minimum Gasteiger partial charge on any atom is -0.352 e. The van der Waals surface area contributed by atoms with Gasteiger partial charge in [-0.3, -0.25) is 4.79 Å². The summed E-state index contributed by atoms with van der Waals surface area (Å²) in [6, 6.07) is 0. The number of nitrogens with one attached hydrogen (secondary N) is 1. The van der Waals surface area contributed by atoms with Crippen LogP contribution in [-0.2, 0) is 4.79 Å². The summed E-state index contributed by atoms with van der Waals surface area (Å²) in [7, 11) is 0. The normalized spacial score (nSPS) is 13.0. The van der Waals surface area contributed by atoms with Crippen molar-refractivity contribution < 1.29 is 4.79 Å². The Bertz CT molecular complexity index is 190. The lowest BCUT2D eigenvalue weighted by molar-refractivity contribution is -0.125. The zero-order valence-corrected chi connectivity index (χ0v) is 9.96. The van der Waals surface area contributed by atoms with E-state index < -0.39 is 0 Å². The molecule has 0 saturated heterocycles. The first-order valence-electron chi connectivity index (χ1n) is 5.89. The van der Waals surface area contributed by atoms with Crippen LogP contribution in [0.5, 0.6) is 0 Å². The second-order valence-corrected chi connectivity index (χ2v) is 3.70. The maximum Gasteiger partial charge on any atom is 0.223 e.